The Labute approximate surface area is 110 Å². The predicted molar refractivity (Wildman–Crippen MR) is 75.8 cm³/mol. The third kappa shape index (κ3) is 3.68. The van der Waals surface area contributed by atoms with Gasteiger partial charge in [0.2, 0.25) is 0 Å². The summed E-state index contributed by atoms with van der Waals surface area (Å²) < 4.78 is 0. The fraction of sp³-hybridized carbons (Fsp3) is 0.643. The summed E-state index contributed by atoms with van der Waals surface area (Å²) in [5, 5.41) is 9.21. The van der Waals surface area contributed by atoms with E-state index >= 15 is 0 Å². The van der Waals surface area contributed by atoms with Crippen LogP contribution < -0.4 is 10.6 Å². The zero-order valence-electron chi connectivity index (χ0n) is 11.7. The summed E-state index contributed by atoms with van der Waals surface area (Å²) in [5.74, 6) is 0. The lowest BCUT2D eigenvalue weighted by Gasteiger charge is -2.27. The van der Waals surface area contributed by atoms with E-state index in [9.17, 15) is 5.11 Å². The maximum absolute atomic E-state index is 9.21. The van der Waals surface area contributed by atoms with Crippen molar-refractivity contribution in [1.82, 2.24) is 4.98 Å². The van der Waals surface area contributed by atoms with Crippen molar-refractivity contribution in [1.29, 1.82) is 0 Å². The molecule has 0 saturated carbocycles. The van der Waals surface area contributed by atoms with Crippen molar-refractivity contribution < 1.29 is 5.11 Å². The lowest BCUT2D eigenvalue weighted by atomic mass is 10.1. The third-order valence-electron chi connectivity index (χ3n) is 3.13. The maximum Gasteiger partial charge on any atom is 0.0606 e. The van der Waals surface area contributed by atoms with E-state index in [0.717, 1.165) is 42.0 Å². The quantitative estimate of drug-likeness (QED) is 0.775. The lowest BCUT2D eigenvalue weighted by Crippen LogP contribution is -2.29. The molecule has 1 heterocycles. The highest BCUT2D eigenvalue weighted by Gasteiger charge is 2.13. The molecule has 0 aromatic carbocycles. The van der Waals surface area contributed by atoms with Crippen molar-refractivity contribution in [3.8, 4) is 0 Å². The Kier molecular flexibility index (Phi) is 6.09. The van der Waals surface area contributed by atoms with Gasteiger partial charge in [-0.1, -0.05) is 13.3 Å². The molecule has 0 saturated heterocycles. The molecule has 1 rings (SSSR count). The van der Waals surface area contributed by atoms with E-state index in [0.29, 0.717) is 13.1 Å². The second-order valence-electron chi connectivity index (χ2n) is 4.62. The number of rotatable bonds is 7. The summed E-state index contributed by atoms with van der Waals surface area (Å²) in [6.45, 7) is 8.41. The number of hydrogen-bond acceptors (Lipinski definition) is 4. The van der Waals surface area contributed by atoms with Gasteiger partial charge in [0, 0.05) is 42.3 Å². The fourth-order valence-electron chi connectivity index (χ4n) is 2.19. The van der Waals surface area contributed by atoms with Gasteiger partial charge in [0.1, 0.15) is 0 Å². The van der Waals surface area contributed by atoms with Crippen molar-refractivity contribution in [3.63, 3.8) is 0 Å². The van der Waals surface area contributed by atoms with Crippen LogP contribution >= 0.6 is 0 Å². The molecule has 0 fully saturated rings. The largest absolute Gasteiger partial charge is 0.395 e. The molecule has 3 N–H and O–H groups in total. The molecular weight excluding hydrogens is 226 g/mol. The number of aryl methyl sites for hydroxylation is 2. The zero-order chi connectivity index (χ0) is 13.5. The Hall–Kier alpha value is -1.13. The van der Waals surface area contributed by atoms with Gasteiger partial charge in [-0.25, -0.2) is 0 Å². The molecule has 4 nitrogen and oxygen atoms in total. The first kappa shape index (κ1) is 14.9. The Morgan fingerprint density at radius 2 is 2.06 bits per heavy atom. The van der Waals surface area contributed by atoms with Crippen LogP contribution in [0.1, 0.15) is 36.7 Å². The smallest absolute Gasteiger partial charge is 0.0606 e. The standard InChI is InChI=1S/C14H25N3O/c1-4-5-6-17(7-8-18)14-9-11(2)16-12(3)13(14)10-15/h9,18H,4-8,10,15H2,1-3H3. The molecule has 0 spiro atoms. The van der Waals surface area contributed by atoms with Crippen LogP contribution in [0, 0.1) is 13.8 Å². The van der Waals surface area contributed by atoms with Crippen LogP contribution in [0.15, 0.2) is 6.07 Å². The van der Waals surface area contributed by atoms with Crippen molar-refractivity contribution >= 4 is 5.69 Å². The van der Waals surface area contributed by atoms with Gasteiger partial charge in [-0.15, -0.1) is 0 Å². The van der Waals surface area contributed by atoms with Gasteiger partial charge in [-0.05, 0) is 26.3 Å². The van der Waals surface area contributed by atoms with E-state index < -0.39 is 0 Å². The Morgan fingerprint density at radius 3 is 2.61 bits per heavy atom. The number of pyridine rings is 1. The molecule has 4 heteroatoms. The highest BCUT2D eigenvalue weighted by Crippen LogP contribution is 2.24. The average molecular weight is 251 g/mol. The topological polar surface area (TPSA) is 62.4 Å². The van der Waals surface area contributed by atoms with Crippen LogP contribution in [-0.2, 0) is 6.54 Å². The number of nitrogens with zero attached hydrogens (tertiary/aromatic N) is 2. The second kappa shape index (κ2) is 7.34. The first-order valence-electron chi connectivity index (χ1n) is 6.67. The summed E-state index contributed by atoms with van der Waals surface area (Å²) in [5.41, 5.74) is 10.0. The SMILES string of the molecule is CCCCN(CCO)c1cc(C)nc(C)c1CN. The van der Waals surface area contributed by atoms with Gasteiger partial charge >= 0.3 is 0 Å². The molecule has 18 heavy (non-hydrogen) atoms. The summed E-state index contributed by atoms with van der Waals surface area (Å²) in [7, 11) is 0. The van der Waals surface area contributed by atoms with Gasteiger partial charge in [0.25, 0.3) is 0 Å². The van der Waals surface area contributed by atoms with Crippen LogP contribution in [0.2, 0.25) is 0 Å². The number of anilines is 1. The lowest BCUT2D eigenvalue weighted by molar-refractivity contribution is 0.301. The van der Waals surface area contributed by atoms with E-state index in [1.54, 1.807) is 0 Å². The third-order valence-corrected chi connectivity index (χ3v) is 3.13. The highest BCUT2D eigenvalue weighted by molar-refractivity contribution is 5.56. The van der Waals surface area contributed by atoms with Crippen molar-refractivity contribution in [2.75, 3.05) is 24.6 Å². The normalized spacial score (nSPS) is 10.7. The van der Waals surface area contributed by atoms with Crippen LogP contribution in [-0.4, -0.2) is 29.8 Å². The van der Waals surface area contributed by atoms with Crippen molar-refractivity contribution in [3.05, 3.63) is 23.0 Å². The van der Waals surface area contributed by atoms with Crippen molar-refractivity contribution in [2.24, 2.45) is 5.73 Å². The van der Waals surface area contributed by atoms with Gasteiger partial charge in [0.15, 0.2) is 0 Å². The summed E-state index contributed by atoms with van der Waals surface area (Å²) >= 11 is 0. The number of aromatic nitrogens is 1. The van der Waals surface area contributed by atoms with E-state index in [4.69, 9.17) is 5.73 Å². The number of unbranched alkanes of at least 4 members (excludes halogenated alkanes) is 1. The molecule has 0 atom stereocenters. The number of aliphatic hydroxyl groups excluding tert-OH is 1. The van der Waals surface area contributed by atoms with Crippen LogP contribution in [0.3, 0.4) is 0 Å². The maximum atomic E-state index is 9.21. The summed E-state index contributed by atoms with van der Waals surface area (Å²) in [6, 6.07) is 2.07. The number of aliphatic hydroxyl groups is 1. The van der Waals surface area contributed by atoms with Crippen LogP contribution in [0.25, 0.3) is 0 Å². The molecule has 1 aromatic heterocycles. The van der Waals surface area contributed by atoms with Gasteiger partial charge in [0.05, 0.1) is 6.61 Å². The van der Waals surface area contributed by atoms with Crippen molar-refractivity contribution in [2.45, 2.75) is 40.2 Å². The molecule has 0 aliphatic heterocycles. The number of nitrogens with two attached hydrogens (primary N) is 1. The van der Waals surface area contributed by atoms with E-state index in [2.05, 4.69) is 22.9 Å². The van der Waals surface area contributed by atoms with Gasteiger partial charge in [-0.2, -0.15) is 0 Å². The summed E-state index contributed by atoms with van der Waals surface area (Å²) in [4.78, 5) is 6.67. The molecule has 1 aromatic rings. The van der Waals surface area contributed by atoms with E-state index in [1.807, 2.05) is 13.8 Å². The predicted octanol–water partition coefficient (Wildman–Crippen LogP) is 1.76. The monoisotopic (exact) mass is 251 g/mol. The molecule has 0 radical (unpaired) electrons. The molecule has 0 aliphatic rings. The minimum absolute atomic E-state index is 0.161. The van der Waals surface area contributed by atoms with E-state index in [1.165, 1.54) is 0 Å². The second-order valence-corrected chi connectivity index (χ2v) is 4.62. The Morgan fingerprint density at radius 1 is 1.33 bits per heavy atom. The first-order valence-corrected chi connectivity index (χ1v) is 6.67. The van der Waals surface area contributed by atoms with E-state index in [-0.39, 0.29) is 6.61 Å². The minimum Gasteiger partial charge on any atom is -0.395 e. The highest BCUT2D eigenvalue weighted by atomic mass is 16.3. The first-order chi connectivity index (χ1) is 8.63. The Bertz CT molecular complexity index is 380. The fourth-order valence-corrected chi connectivity index (χ4v) is 2.19. The number of hydrogen-bond donors (Lipinski definition) is 2. The molecule has 0 bridgehead atoms. The zero-order valence-corrected chi connectivity index (χ0v) is 11.7. The van der Waals surface area contributed by atoms with Crippen LogP contribution in [0.5, 0.6) is 0 Å². The molecule has 0 aliphatic carbocycles. The van der Waals surface area contributed by atoms with Gasteiger partial charge in [-0.3, -0.25) is 4.98 Å². The minimum atomic E-state index is 0.161. The Balaban J connectivity index is 3.08. The molecular formula is C14H25N3O. The van der Waals surface area contributed by atoms with Crippen LogP contribution in [0.4, 0.5) is 5.69 Å². The molecule has 0 amide bonds. The average Bonchev–Trinajstić information content (AvgIpc) is 2.33. The molecule has 102 valence electrons. The molecule has 0 unspecified atom stereocenters. The summed E-state index contributed by atoms with van der Waals surface area (Å²) in [6.07, 6.45) is 2.26. The van der Waals surface area contributed by atoms with Gasteiger partial charge < -0.3 is 15.7 Å².